The highest BCUT2D eigenvalue weighted by molar-refractivity contribution is 5.96. The standard InChI is InChI=1S/C21H25N5O2.ClH/c1-13-9-16-11-18(28-17(16)10-14(13)2)21(27)25-6-3-15(4-7-25)20-24-23-19-12-22-5-8-26(19)20;/h9-11,15,22H,3-8,12H2,1-2H3;1H. The van der Waals surface area contributed by atoms with E-state index in [9.17, 15) is 4.79 Å². The molecule has 0 atom stereocenters. The van der Waals surface area contributed by atoms with E-state index in [2.05, 4.69) is 40.0 Å². The Balaban J connectivity index is 0.00000205. The van der Waals surface area contributed by atoms with E-state index < -0.39 is 0 Å². The fourth-order valence-electron chi connectivity index (χ4n) is 4.32. The zero-order chi connectivity index (χ0) is 19.3. The summed E-state index contributed by atoms with van der Waals surface area (Å²) in [6.45, 7) is 8.25. The van der Waals surface area contributed by atoms with Crippen LogP contribution in [0.15, 0.2) is 22.6 Å². The van der Waals surface area contributed by atoms with Crippen molar-refractivity contribution in [3.8, 4) is 0 Å². The number of aromatic nitrogens is 3. The number of likely N-dealkylation sites (tertiary alicyclic amines) is 1. The molecule has 0 spiro atoms. The quantitative estimate of drug-likeness (QED) is 0.695. The smallest absolute Gasteiger partial charge is 0.289 e. The molecule has 1 amide bonds. The van der Waals surface area contributed by atoms with E-state index in [0.717, 1.165) is 68.2 Å². The van der Waals surface area contributed by atoms with Crippen molar-refractivity contribution in [3.05, 3.63) is 46.7 Å². The molecule has 0 unspecified atom stereocenters. The average molecular weight is 416 g/mol. The van der Waals surface area contributed by atoms with E-state index in [0.29, 0.717) is 11.7 Å². The van der Waals surface area contributed by atoms with Gasteiger partial charge >= 0.3 is 0 Å². The number of nitrogens with zero attached hydrogens (tertiary/aromatic N) is 4. The van der Waals surface area contributed by atoms with Crippen molar-refractivity contribution < 1.29 is 9.21 Å². The Bertz CT molecular complexity index is 1010. The van der Waals surface area contributed by atoms with Crippen molar-refractivity contribution in [1.29, 1.82) is 0 Å². The molecule has 1 aromatic carbocycles. The third kappa shape index (κ3) is 3.53. The van der Waals surface area contributed by atoms with Crippen LogP contribution in [0.4, 0.5) is 0 Å². The minimum Gasteiger partial charge on any atom is -0.451 e. The summed E-state index contributed by atoms with van der Waals surface area (Å²) in [6.07, 6.45) is 1.82. The molecule has 2 aliphatic rings. The number of rotatable bonds is 2. The van der Waals surface area contributed by atoms with Gasteiger partial charge in [-0.1, -0.05) is 0 Å². The first-order valence-corrected chi connectivity index (χ1v) is 10.0. The third-order valence-electron chi connectivity index (χ3n) is 6.14. The van der Waals surface area contributed by atoms with Crippen LogP contribution in [0.1, 0.15) is 52.1 Å². The third-order valence-corrected chi connectivity index (χ3v) is 6.14. The molecule has 29 heavy (non-hydrogen) atoms. The van der Waals surface area contributed by atoms with E-state index in [-0.39, 0.29) is 18.3 Å². The van der Waals surface area contributed by atoms with Gasteiger partial charge in [0.05, 0.1) is 6.54 Å². The second-order valence-electron chi connectivity index (χ2n) is 7.95. The van der Waals surface area contributed by atoms with Crippen LogP contribution in [0.3, 0.4) is 0 Å². The Morgan fingerprint density at radius 1 is 1.10 bits per heavy atom. The molecule has 2 aromatic heterocycles. The summed E-state index contributed by atoms with van der Waals surface area (Å²) in [6, 6.07) is 5.97. The molecule has 4 heterocycles. The number of halogens is 1. The van der Waals surface area contributed by atoms with E-state index >= 15 is 0 Å². The minimum atomic E-state index is -0.0163. The second-order valence-corrected chi connectivity index (χ2v) is 7.95. The molecule has 3 aromatic rings. The molecule has 1 N–H and O–H groups in total. The van der Waals surface area contributed by atoms with Crippen molar-refractivity contribution in [1.82, 2.24) is 25.0 Å². The number of fused-ring (bicyclic) bond motifs is 2. The van der Waals surface area contributed by atoms with Crippen molar-refractivity contribution in [2.24, 2.45) is 0 Å². The number of benzene rings is 1. The lowest BCUT2D eigenvalue weighted by atomic mass is 9.95. The van der Waals surface area contributed by atoms with Gasteiger partial charge in [-0.05, 0) is 56.0 Å². The Morgan fingerprint density at radius 3 is 2.66 bits per heavy atom. The Morgan fingerprint density at radius 2 is 1.86 bits per heavy atom. The molecule has 7 nitrogen and oxygen atoms in total. The van der Waals surface area contributed by atoms with Gasteiger partial charge in [0.1, 0.15) is 17.2 Å². The number of carbonyl (C=O) groups is 1. The van der Waals surface area contributed by atoms with Crippen molar-refractivity contribution in [2.75, 3.05) is 19.6 Å². The maximum Gasteiger partial charge on any atom is 0.289 e. The maximum atomic E-state index is 13.0. The lowest BCUT2D eigenvalue weighted by Crippen LogP contribution is -2.38. The average Bonchev–Trinajstić information content (AvgIpc) is 3.32. The van der Waals surface area contributed by atoms with Crippen LogP contribution >= 0.6 is 12.4 Å². The zero-order valence-corrected chi connectivity index (χ0v) is 17.6. The summed E-state index contributed by atoms with van der Waals surface area (Å²) >= 11 is 0. The van der Waals surface area contributed by atoms with Gasteiger partial charge in [-0.25, -0.2) is 0 Å². The molecule has 0 bridgehead atoms. The summed E-state index contributed by atoms with van der Waals surface area (Å²) in [5.74, 6) is 2.89. The van der Waals surface area contributed by atoms with Crippen LogP contribution < -0.4 is 5.32 Å². The highest BCUT2D eigenvalue weighted by atomic mass is 35.5. The monoisotopic (exact) mass is 415 g/mol. The molecular weight excluding hydrogens is 390 g/mol. The topological polar surface area (TPSA) is 76.2 Å². The Kier molecular flexibility index (Phi) is 5.36. The number of carbonyl (C=O) groups excluding carboxylic acids is 1. The van der Waals surface area contributed by atoms with Gasteiger partial charge in [-0.2, -0.15) is 0 Å². The number of amides is 1. The van der Waals surface area contributed by atoms with Crippen LogP contribution in [-0.4, -0.2) is 45.2 Å². The second kappa shape index (κ2) is 7.80. The number of hydrogen-bond acceptors (Lipinski definition) is 5. The van der Waals surface area contributed by atoms with Gasteiger partial charge < -0.3 is 19.2 Å². The van der Waals surface area contributed by atoms with Crippen molar-refractivity contribution >= 4 is 29.3 Å². The molecule has 1 saturated heterocycles. The molecule has 8 heteroatoms. The minimum absolute atomic E-state index is 0. The van der Waals surface area contributed by atoms with Gasteiger partial charge in [0.2, 0.25) is 0 Å². The molecule has 1 fully saturated rings. The summed E-state index contributed by atoms with van der Waals surface area (Å²) in [5, 5.41) is 13.1. The predicted molar refractivity (Wildman–Crippen MR) is 113 cm³/mol. The van der Waals surface area contributed by atoms with Gasteiger partial charge in [0.25, 0.3) is 5.91 Å². The number of nitrogens with one attached hydrogen (secondary N) is 1. The number of piperidine rings is 1. The van der Waals surface area contributed by atoms with E-state index in [1.807, 2.05) is 17.0 Å². The van der Waals surface area contributed by atoms with Gasteiger partial charge in [-0.15, -0.1) is 22.6 Å². The fraction of sp³-hybridized carbons (Fsp3) is 0.476. The SMILES string of the molecule is Cc1cc2cc(C(=O)N3CCC(c4nnc5n4CCNC5)CC3)oc2cc1C.Cl. The first kappa shape index (κ1) is 19.9. The van der Waals surface area contributed by atoms with Crippen LogP contribution in [0.2, 0.25) is 0 Å². The van der Waals surface area contributed by atoms with Gasteiger partial charge in [0, 0.05) is 37.5 Å². The van der Waals surface area contributed by atoms with Crippen LogP contribution in [0.5, 0.6) is 0 Å². The number of aryl methyl sites for hydroxylation is 2. The normalized spacial score (nSPS) is 17.2. The fourth-order valence-corrected chi connectivity index (χ4v) is 4.32. The highest BCUT2D eigenvalue weighted by Gasteiger charge is 2.30. The largest absolute Gasteiger partial charge is 0.451 e. The molecule has 154 valence electrons. The van der Waals surface area contributed by atoms with Gasteiger partial charge in [-0.3, -0.25) is 4.79 Å². The van der Waals surface area contributed by atoms with E-state index in [4.69, 9.17) is 4.42 Å². The summed E-state index contributed by atoms with van der Waals surface area (Å²) in [5.41, 5.74) is 3.17. The predicted octanol–water partition coefficient (Wildman–Crippen LogP) is 3.19. The summed E-state index contributed by atoms with van der Waals surface area (Å²) in [4.78, 5) is 14.9. The van der Waals surface area contributed by atoms with Crippen LogP contribution in [0, 0.1) is 13.8 Å². The lowest BCUT2D eigenvalue weighted by molar-refractivity contribution is 0.0680. The first-order chi connectivity index (χ1) is 13.6. The van der Waals surface area contributed by atoms with Crippen molar-refractivity contribution in [2.45, 2.75) is 45.7 Å². The van der Waals surface area contributed by atoms with E-state index in [1.54, 1.807) is 0 Å². The zero-order valence-electron chi connectivity index (χ0n) is 16.8. The molecule has 5 rings (SSSR count). The number of hydrogen-bond donors (Lipinski definition) is 1. The molecule has 0 saturated carbocycles. The summed E-state index contributed by atoms with van der Waals surface area (Å²) in [7, 11) is 0. The van der Waals surface area contributed by atoms with Crippen LogP contribution in [0.25, 0.3) is 11.0 Å². The molecule has 2 aliphatic heterocycles. The van der Waals surface area contributed by atoms with Crippen LogP contribution in [-0.2, 0) is 13.1 Å². The lowest BCUT2D eigenvalue weighted by Gasteiger charge is -2.31. The molecule has 0 aliphatic carbocycles. The van der Waals surface area contributed by atoms with E-state index in [1.165, 1.54) is 11.1 Å². The summed E-state index contributed by atoms with van der Waals surface area (Å²) < 4.78 is 8.12. The number of furan rings is 1. The molecule has 0 radical (unpaired) electrons. The van der Waals surface area contributed by atoms with Crippen molar-refractivity contribution in [3.63, 3.8) is 0 Å². The van der Waals surface area contributed by atoms with Gasteiger partial charge in [0.15, 0.2) is 5.76 Å². The highest BCUT2D eigenvalue weighted by Crippen LogP contribution is 2.30. The Hall–Kier alpha value is -2.38. The molecular formula is C21H26ClN5O2. The maximum absolute atomic E-state index is 13.0. The Labute approximate surface area is 175 Å². The first-order valence-electron chi connectivity index (χ1n) is 10.0.